The molecule has 3 aliphatic heterocycles. The molecule has 2 saturated heterocycles. The van der Waals surface area contributed by atoms with Gasteiger partial charge in [-0.1, -0.05) is 45.8 Å². The molecule has 8 nitrogen and oxygen atoms in total. The van der Waals surface area contributed by atoms with E-state index in [1.807, 2.05) is 19.1 Å². The van der Waals surface area contributed by atoms with Crippen molar-refractivity contribution < 1.29 is 23.9 Å². The number of anilines is 1. The van der Waals surface area contributed by atoms with Crippen LogP contribution >= 0.6 is 0 Å². The Kier molecular flexibility index (Phi) is 6.57. The number of nitrogens with zero attached hydrogens (tertiary/aromatic N) is 1. The van der Waals surface area contributed by atoms with E-state index in [4.69, 9.17) is 9.47 Å². The van der Waals surface area contributed by atoms with Crippen LogP contribution in [0.4, 0.5) is 5.69 Å². The second-order valence-corrected chi connectivity index (χ2v) is 10.8. The summed E-state index contributed by atoms with van der Waals surface area (Å²) in [5, 5.41) is 6.21. The summed E-state index contributed by atoms with van der Waals surface area (Å²) in [5.74, 6) is -0.456. The van der Waals surface area contributed by atoms with Crippen LogP contribution in [0.1, 0.15) is 46.5 Å². The van der Waals surface area contributed by atoms with Gasteiger partial charge >= 0.3 is 0 Å². The third kappa shape index (κ3) is 3.90. The summed E-state index contributed by atoms with van der Waals surface area (Å²) in [4.78, 5) is 42.7. The van der Waals surface area contributed by atoms with E-state index in [1.165, 1.54) is 6.42 Å². The number of fused-ring (bicyclic) bond motifs is 1. The van der Waals surface area contributed by atoms with Gasteiger partial charge in [0.05, 0.1) is 25.0 Å². The first-order valence-electron chi connectivity index (χ1n) is 13.2. The zero-order chi connectivity index (χ0) is 25.6. The number of carbonyl (C=O) groups excluding carboxylic acids is 3. The van der Waals surface area contributed by atoms with E-state index < -0.39 is 29.6 Å². The van der Waals surface area contributed by atoms with Gasteiger partial charge in [-0.25, -0.2) is 0 Å². The first-order valence-corrected chi connectivity index (χ1v) is 13.2. The normalized spacial score (nSPS) is 36.6. The number of ether oxygens (including phenoxy) is 2. The molecule has 0 aromatic heterocycles. The molecule has 1 aromatic carbocycles. The summed E-state index contributed by atoms with van der Waals surface area (Å²) >= 11 is 0. The van der Waals surface area contributed by atoms with Gasteiger partial charge in [0.2, 0.25) is 17.7 Å². The molecule has 3 fully saturated rings. The summed E-state index contributed by atoms with van der Waals surface area (Å²) in [6.07, 6.45) is 7.08. The fraction of sp³-hybridized carbons (Fsp3) is 0.607. The maximum Gasteiger partial charge on any atom is 0.246 e. The average molecular weight is 496 g/mol. The zero-order valence-electron chi connectivity index (χ0n) is 21.5. The largest absolute Gasteiger partial charge is 0.497 e. The number of hydrogen-bond acceptors (Lipinski definition) is 5. The van der Waals surface area contributed by atoms with E-state index >= 15 is 0 Å². The first-order chi connectivity index (χ1) is 17.3. The third-order valence-electron chi connectivity index (χ3n) is 8.78. The predicted molar refractivity (Wildman–Crippen MR) is 135 cm³/mol. The van der Waals surface area contributed by atoms with Gasteiger partial charge in [-0.15, -0.1) is 0 Å². The molecular formula is C28H37N3O5. The lowest BCUT2D eigenvalue weighted by Crippen LogP contribution is -2.57. The zero-order valence-corrected chi connectivity index (χ0v) is 21.5. The van der Waals surface area contributed by atoms with Crippen molar-refractivity contribution in [3.8, 4) is 5.75 Å². The summed E-state index contributed by atoms with van der Waals surface area (Å²) in [6, 6.07) is 6.36. The summed E-state index contributed by atoms with van der Waals surface area (Å²) in [7, 11) is 1.59. The maximum atomic E-state index is 13.8. The minimum absolute atomic E-state index is 0.0760. The first kappa shape index (κ1) is 24.8. The monoisotopic (exact) mass is 495 g/mol. The fourth-order valence-corrected chi connectivity index (χ4v) is 6.70. The van der Waals surface area contributed by atoms with Crippen LogP contribution in [0, 0.1) is 23.7 Å². The van der Waals surface area contributed by atoms with Crippen LogP contribution < -0.4 is 15.4 Å². The van der Waals surface area contributed by atoms with Gasteiger partial charge in [-0.05, 0) is 48.9 Å². The van der Waals surface area contributed by atoms with E-state index in [0.717, 1.165) is 12.8 Å². The van der Waals surface area contributed by atoms with Gasteiger partial charge < -0.3 is 25.0 Å². The smallest absolute Gasteiger partial charge is 0.246 e. The second kappa shape index (κ2) is 9.54. The van der Waals surface area contributed by atoms with E-state index in [0.29, 0.717) is 36.2 Å². The van der Waals surface area contributed by atoms with E-state index in [9.17, 15) is 14.4 Å². The van der Waals surface area contributed by atoms with Crippen LogP contribution in [0.25, 0.3) is 0 Å². The minimum Gasteiger partial charge on any atom is -0.497 e. The Balaban J connectivity index is 1.40. The van der Waals surface area contributed by atoms with Crippen LogP contribution in [0.3, 0.4) is 0 Å². The molecule has 2 N–H and O–H groups in total. The van der Waals surface area contributed by atoms with Gasteiger partial charge in [-0.2, -0.15) is 0 Å². The Morgan fingerprint density at radius 3 is 2.61 bits per heavy atom. The molecule has 3 amide bonds. The van der Waals surface area contributed by atoms with Crippen molar-refractivity contribution in [1.82, 2.24) is 10.2 Å². The Bertz CT molecular complexity index is 1060. The van der Waals surface area contributed by atoms with Gasteiger partial charge in [0.15, 0.2) is 0 Å². The van der Waals surface area contributed by atoms with Crippen molar-refractivity contribution in [3.05, 3.63) is 36.4 Å². The molecule has 194 valence electrons. The molecule has 0 unspecified atom stereocenters. The number of hydrogen-bond donors (Lipinski definition) is 2. The minimum atomic E-state index is -1.12. The molecule has 1 aliphatic carbocycles. The number of methoxy groups -OCH3 is 1. The van der Waals surface area contributed by atoms with Gasteiger partial charge in [0.1, 0.15) is 17.4 Å². The highest BCUT2D eigenvalue weighted by atomic mass is 16.5. The van der Waals surface area contributed by atoms with E-state index in [1.54, 1.807) is 36.3 Å². The molecule has 3 heterocycles. The van der Waals surface area contributed by atoms with E-state index in [-0.39, 0.29) is 23.8 Å². The summed E-state index contributed by atoms with van der Waals surface area (Å²) < 4.78 is 11.6. The van der Waals surface area contributed by atoms with Crippen molar-refractivity contribution in [3.63, 3.8) is 0 Å². The molecule has 1 aromatic rings. The number of benzene rings is 1. The quantitative estimate of drug-likeness (QED) is 0.567. The van der Waals surface area contributed by atoms with Crippen molar-refractivity contribution in [2.24, 2.45) is 23.7 Å². The molecule has 8 heteroatoms. The van der Waals surface area contributed by atoms with E-state index in [2.05, 4.69) is 24.5 Å². The Hall–Kier alpha value is -2.87. The lowest BCUT2D eigenvalue weighted by Gasteiger charge is -2.38. The van der Waals surface area contributed by atoms with Gasteiger partial charge in [-0.3, -0.25) is 14.4 Å². The molecule has 1 spiro atoms. The molecule has 4 aliphatic rings. The lowest BCUT2D eigenvalue weighted by atomic mass is 9.73. The Labute approximate surface area is 212 Å². The maximum absolute atomic E-state index is 13.8. The average Bonchev–Trinajstić information content (AvgIpc) is 3.50. The molecule has 8 atom stereocenters. The van der Waals surface area contributed by atoms with Crippen molar-refractivity contribution >= 4 is 23.4 Å². The number of nitrogens with one attached hydrogen (secondary N) is 2. The molecule has 1 saturated carbocycles. The summed E-state index contributed by atoms with van der Waals surface area (Å²) in [5.41, 5.74) is -0.501. The SMILES string of the molecule is CCCN1C(=O)[C@@H]2[C@H](C(=O)Nc3ccc(OC)cc3)[C@@H]3C=C[C@@]2(O3)[C@@H]1C(=O)N[C@@H]1CCC[C@@H](C)[C@H]1C. The molecule has 0 radical (unpaired) electrons. The summed E-state index contributed by atoms with van der Waals surface area (Å²) in [6.45, 7) is 6.86. The lowest BCUT2D eigenvalue weighted by molar-refractivity contribution is -0.141. The van der Waals surface area contributed by atoms with Crippen molar-refractivity contribution in [2.75, 3.05) is 19.0 Å². The highest BCUT2D eigenvalue weighted by Gasteiger charge is 2.72. The van der Waals surface area contributed by atoms with Gasteiger partial charge in [0, 0.05) is 18.3 Å². The van der Waals surface area contributed by atoms with Gasteiger partial charge in [0.25, 0.3) is 0 Å². The van der Waals surface area contributed by atoms with Crippen LogP contribution in [0.5, 0.6) is 5.75 Å². The third-order valence-corrected chi connectivity index (χ3v) is 8.78. The molecule has 5 rings (SSSR count). The molecular weight excluding hydrogens is 458 g/mol. The van der Waals surface area contributed by atoms with Crippen molar-refractivity contribution in [2.45, 2.75) is 70.2 Å². The predicted octanol–water partition coefficient (Wildman–Crippen LogP) is 3.14. The number of amides is 3. The van der Waals surface area contributed by atoms with Crippen molar-refractivity contribution in [1.29, 1.82) is 0 Å². The number of carbonyl (C=O) groups is 3. The molecule has 2 bridgehead atoms. The van der Waals surface area contributed by atoms with Crippen LogP contribution in [-0.2, 0) is 19.1 Å². The highest BCUT2D eigenvalue weighted by molar-refractivity contribution is 6.02. The van der Waals surface area contributed by atoms with Crippen LogP contribution in [0.15, 0.2) is 36.4 Å². The van der Waals surface area contributed by atoms with Crippen LogP contribution in [-0.4, -0.2) is 60.1 Å². The Morgan fingerprint density at radius 1 is 1.17 bits per heavy atom. The fourth-order valence-electron chi connectivity index (χ4n) is 6.70. The highest BCUT2D eigenvalue weighted by Crippen LogP contribution is 2.55. The molecule has 36 heavy (non-hydrogen) atoms. The Morgan fingerprint density at radius 2 is 1.92 bits per heavy atom. The number of rotatable bonds is 7. The van der Waals surface area contributed by atoms with Crippen LogP contribution in [0.2, 0.25) is 0 Å². The second-order valence-electron chi connectivity index (χ2n) is 10.8. The standard InChI is InChI=1S/C28H37N3O5/c1-5-15-31-24(26(33)30-20-8-6-7-16(2)17(20)3)28-14-13-21(36-28)22(23(28)27(31)34)25(32)29-18-9-11-19(35-4)12-10-18/h9-14,16-17,20-24H,5-8,15H2,1-4H3,(H,29,32)(H,30,33)/t16-,17-,20-,21+,22-,23+,24+,28+/m1/s1. The topological polar surface area (TPSA) is 97.0 Å². The number of likely N-dealkylation sites (tertiary alicyclic amines) is 1.